The Kier molecular flexibility index (Phi) is 4.03. The fourth-order valence-corrected chi connectivity index (χ4v) is 2.96. The molecule has 1 aromatic heterocycles. The molecule has 1 aliphatic carbocycles. The molecule has 0 aliphatic heterocycles. The lowest BCUT2D eigenvalue weighted by molar-refractivity contribution is 0.0941. The van der Waals surface area contributed by atoms with E-state index in [1.807, 2.05) is 42.5 Å². The van der Waals surface area contributed by atoms with Gasteiger partial charge in [-0.25, -0.2) is 4.79 Å². The van der Waals surface area contributed by atoms with Crippen LogP contribution in [0.1, 0.15) is 24.1 Å². The third kappa shape index (κ3) is 3.10. The number of hydrogen-bond acceptors (Lipinski definition) is 4. The average Bonchev–Trinajstić information content (AvgIpc) is 3.35. The first kappa shape index (κ1) is 16.5. The van der Waals surface area contributed by atoms with Crippen molar-refractivity contribution < 1.29 is 14.1 Å². The second-order valence-electron chi connectivity index (χ2n) is 6.47. The minimum atomic E-state index is -0.530. The van der Waals surface area contributed by atoms with Gasteiger partial charge in [-0.2, -0.15) is 0 Å². The lowest BCUT2D eigenvalue weighted by Crippen LogP contribution is -2.22. The fourth-order valence-electron chi connectivity index (χ4n) is 2.96. The van der Waals surface area contributed by atoms with Crippen molar-refractivity contribution in [3.63, 3.8) is 0 Å². The van der Waals surface area contributed by atoms with Gasteiger partial charge in [-0.05, 0) is 25.3 Å². The SMILES string of the molecule is [B]c1ccc(-c2onc(C)c2NC(=O)OC2(c3ccccc3)CC2)cc1. The van der Waals surface area contributed by atoms with Crippen molar-refractivity contribution in [1.29, 1.82) is 0 Å². The zero-order chi connectivity index (χ0) is 18.1. The van der Waals surface area contributed by atoms with Crippen LogP contribution >= 0.6 is 0 Å². The van der Waals surface area contributed by atoms with Crippen molar-refractivity contribution in [3.05, 3.63) is 65.9 Å². The smallest absolute Gasteiger partial charge is 0.412 e. The zero-order valence-electron chi connectivity index (χ0n) is 14.4. The number of benzene rings is 2. The van der Waals surface area contributed by atoms with E-state index in [-0.39, 0.29) is 0 Å². The predicted octanol–water partition coefficient (Wildman–Crippen LogP) is 3.68. The van der Waals surface area contributed by atoms with Crippen LogP contribution in [0.15, 0.2) is 59.1 Å². The van der Waals surface area contributed by atoms with E-state index in [0.29, 0.717) is 22.6 Å². The second-order valence-corrected chi connectivity index (χ2v) is 6.47. The Hall–Kier alpha value is -3.02. The Morgan fingerprint density at radius 3 is 2.50 bits per heavy atom. The highest BCUT2D eigenvalue weighted by Crippen LogP contribution is 2.49. The minimum absolute atomic E-state index is 0.476. The van der Waals surface area contributed by atoms with Crippen molar-refractivity contribution in [2.75, 3.05) is 5.32 Å². The van der Waals surface area contributed by atoms with E-state index in [4.69, 9.17) is 17.1 Å². The van der Waals surface area contributed by atoms with Gasteiger partial charge in [0.1, 0.15) is 24.8 Å². The zero-order valence-corrected chi connectivity index (χ0v) is 14.4. The van der Waals surface area contributed by atoms with Crippen LogP contribution in [0.2, 0.25) is 0 Å². The summed E-state index contributed by atoms with van der Waals surface area (Å²) in [5.74, 6) is 0.476. The molecular weight excluding hydrogens is 327 g/mol. The van der Waals surface area contributed by atoms with E-state index >= 15 is 0 Å². The molecule has 0 unspecified atom stereocenters. The Bertz CT molecular complexity index is 931. The molecule has 5 nitrogen and oxygen atoms in total. The molecule has 1 amide bonds. The highest BCUT2D eigenvalue weighted by Gasteiger charge is 2.48. The van der Waals surface area contributed by atoms with Crippen molar-refractivity contribution >= 4 is 25.1 Å². The first-order valence-corrected chi connectivity index (χ1v) is 8.45. The van der Waals surface area contributed by atoms with Gasteiger partial charge in [-0.3, -0.25) is 5.32 Å². The molecule has 26 heavy (non-hydrogen) atoms. The number of aryl methyl sites for hydroxylation is 1. The summed E-state index contributed by atoms with van der Waals surface area (Å²) in [4.78, 5) is 12.5. The maximum absolute atomic E-state index is 12.5. The summed E-state index contributed by atoms with van der Waals surface area (Å²) in [6.45, 7) is 1.77. The van der Waals surface area contributed by atoms with Crippen LogP contribution in [-0.4, -0.2) is 19.1 Å². The van der Waals surface area contributed by atoms with E-state index in [1.165, 1.54) is 0 Å². The molecule has 2 radical (unpaired) electrons. The van der Waals surface area contributed by atoms with Gasteiger partial charge in [0.2, 0.25) is 0 Å². The molecule has 128 valence electrons. The molecule has 1 fully saturated rings. The van der Waals surface area contributed by atoms with Crippen LogP contribution in [0.3, 0.4) is 0 Å². The highest BCUT2D eigenvalue weighted by molar-refractivity contribution is 6.32. The van der Waals surface area contributed by atoms with Gasteiger partial charge in [0.15, 0.2) is 5.76 Å². The van der Waals surface area contributed by atoms with Gasteiger partial charge in [-0.15, -0.1) is 0 Å². The third-order valence-electron chi connectivity index (χ3n) is 4.55. The monoisotopic (exact) mass is 344 g/mol. The minimum Gasteiger partial charge on any atom is -0.438 e. The van der Waals surface area contributed by atoms with Crippen molar-refractivity contribution in [2.24, 2.45) is 0 Å². The standard InChI is InChI=1S/C20H17BN2O3/c1-13-17(18(26-23-13)14-7-9-16(21)10-8-14)22-19(24)25-20(11-12-20)15-5-3-2-4-6-15/h2-10H,11-12H2,1H3,(H,22,24). The second kappa shape index (κ2) is 6.37. The molecule has 1 heterocycles. The number of nitrogens with zero attached hydrogens (tertiary/aromatic N) is 1. The summed E-state index contributed by atoms with van der Waals surface area (Å²) in [6, 6.07) is 17.0. The summed E-state index contributed by atoms with van der Waals surface area (Å²) < 4.78 is 11.1. The van der Waals surface area contributed by atoms with Gasteiger partial charge in [0, 0.05) is 5.56 Å². The summed E-state index contributed by atoms with van der Waals surface area (Å²) in [6.07, 6.45) is 1.12. The van der Waals surface area contributed by atoms with Gasteiger partial charge in [0.05, 0.1) is 0 Å². The lowest BCUT2D eigenvalue weighted by Gasteiger charge is -2.17. The Morgan fingerprint density at radius 2 is 1.85 bits per heavy atom. The molecule has 1 aliphatic rings. The van der Waals surface area contributed by atoms with Crippen LogP contribution in [0.4, 0.5) is 10.5 Å². The molecule has 4 rings (SSSR count). The molecular formula is C20H17BN2O3. The number of hydrogen-bond donors (Lipinski definition) is 1. The van der Waals surface area contributed by atoms with E-state index in [2.05, 4.69) is 10.5 Å². The summed E-state index contributed by atoms with van der Waals surface area (Å²) in [7, 11) is 5.72. The number of carbonyl (C=O) groups is 1. The third-order valence-corrected chi connectivity index (χ3v) is 4.55. The average molecular weight is 344 g/mol. The van der Waals surface area contributed by atoms with Gasteiger partial charge in [-0.1, -0.05) is 65.2 Å². The molecule has 0 atom stereocenters. The first-order chi connectivity index (χ1) is 12.6. The quantitative estimate of drug-likeness (QED) is 0.734. The van der Waals surface area contributed by atoms with Crippen molar-refractivity contribution in [1.82, 2.24) is 5.16 Å². The normalized spacial score (nSPS) is 14.7. The molecule has 0 spiro atoms. The molecule has 6 heteroatoms. The van der Waals surface area contributed by atoms with E-state index in [9.17, 15) is 4.79 Å². The molecule has 0 bridgehead atoms. The Labute approximate surface area is 152 Å². The van der Waals surface area contributed by atoms with Crippen LogP contribution in [0.5, 0.6) is 0 Å². The van der Waals surface area contributed by atoms with Crippen LogP contribution in [-0.2, 0) is 10.3 Å². The number of ether oxygens (including phenoxy) is 1. The fraction of sp³-hybridized carbons (Fsp3) is 0.200. The summed E-state index contributed by atoms with van der Waals surface area (Å²) in [5, 5.41) is 6.75. The number of nitrogens with one attached hydrogen (secondary N) is 1. The lowest BCUT2D eigenvalue weighted by atomic mass is 9.95. The van der Waals surface area contributed by atoms with Crippen LogP contribution < -0.4 is 10.8 Å². The van der Waals surface area contributed by atoms with Gasteiger partial charge >= 0.3 is 6.09 Å². The molecule has 1 N–H and O–H groups in total. The number of anilines is 1. The van der Waals surface area contributed by atoms with E-state index < -0.39 is 11.7 Å². The van der Waals surface area contributed by atoms with E-state index in [0.717, 1.165) is 24.0 Å². The topological polar surface area (TPSA) is 64.4 Å². The van der Waals surface area contributed by atoms with Crippen molar-refractivity contribution in [2.45, 2.75) is 25.4 Å². The number of rotatable bonds is 4. The van der Waals surface area contributed by atoms with Crippen LogP contribution in [0, 0.1) is 6.92 Å². The Balaban J connectivity index is 1.54. The number of aromatic nitrogens is 1. The molecule has 1 saturated carbocycles. The van der Waals surface area contributed by atoms with Crippen molar-refractivity contribution in [3.8, 4) is 11.3 Å². The maximum Gasteiger partial charge on any atom is 0.412 e. The Morgan fingerprint density at radius 1 is 1.15 bits per heavy atom. The molecule has 3 aromatic rings. The van der Waals surface area contributed by atoms with Gasteiger partial charge in [0.25, 0.3) is 0 Å². The summed E-state index contributed by atoms with van der Waals surface area (Å²) in [5.41, 5.74) is 2.99. The van der Waals surface area contributed by atoms with Crippen LogP contribution in [0.25, 0.3) is 11.3 Å². The maximum atomic E-state index is 12.5. The predicted molar refractivity (Wildman–Crippen MR) is 99.5 cm³/mol. The number of carbonyl (C=O) groups excluding carboxylic acids is 1. The molecule has 0 saturated heterocycles. The largest absolute Gasteiger partial charge is 0.438 e. The first-order valence-electron chi connectivity index (χ1n) is 8.45. The number of amides is 1. The summed E-state index contributed by atoms with van der Waals surface area (Å²) >= 11 is 0. The van der Waals surface area contributed by atoms with E-state index in [1.54, 1.807) is 19.1 Å². The molecule has 2 aromatic carbocycles. The van der Waals surface area contributed by atoms with Gasteiger partial charge < -0.3 is 9.26 Å². The highest BCUT2D eigenvalue weighted by atomic mass is 16.6.